The summed E-state index contributed by atoms with van der Waals surface area (Å²) >= 11 is 0. The monoisotopic (exact) mass is 1160 g/mol. The highest BCUT2D eigenvalue weighted by atomic mass is 16.7. The summed E-state index contributed by atoms with van der Waals surface area (Å²) in [5.41, 5.74) is 0. The first-order valence-corrected chi connectivity index (χ1v) is 33.7. The molecule has 0 amide bonds. The Balaban J connectivity index is 4.09. The van der Waals surface area contributed by atoms with Crippen LogP contribution in [0.1, 0.15) is 271 Å². The molecule has 0 fully saturated rings. The van der Waals surface area contributed by atoms with Gasteiger partial charge in [-0.2, -0.15) is 0 Å². The number of hydrogen-bond donors (Lipinski definition) is 1. The lowest BCUT2D eigenvalue weighted by Gasteiger charge is -2.25. The number of esters is 2. The highest BCUT2D eigenvalue weighted by Gasteiger charge is 2.25. The van der Waals surface area contributed by atoms with Crippen LogP contribution in [0.5, 0.6) is 0 Å². The zero-order valence-corrected chi connectivity index (χ0v) is 54.1. The molecule has 0 aromatic rings. The van der Waals surface area contributed by atoms with Crippen molar-refractivity contribution in [3.63, 3.8) is 0 Å². The van der Waals surface area contributed by atoms with Crippen LogP contribution >= 0.6 is 0 Å². The van der Waals surface area contributed by atoms with E-state index in [9.17, 15) is 19.5 Å². The number of aliphatic carboxylic acids is 1. The minimum absolute atomic E-state index is 0.181. The lowest BCUT2D eigenvalue weighted by atomic mass is 10.0. The quantitative estimate of drug-likeness (QED) is 0.0211. The Morgan fingerprint density at radius 3 is 1.02 bits per heavy atom. The maximum Gasteiger partial charge on any atom is 0.361 e. The molecule has 0 saturated carbocycles. The van der Waals surface area contributed by atoms with Crippen molar-refractivity contribution >= 4 is 17.9 Å². The summed E-state index contributed by atoms with van der Waals surface area (Å²) in [6.45, 7) is 4.73. The smallest absolute Gasteiger partial charge is 0.361 e. The fraction of sp³-hybridized carbons (Fsp3) is 0.689. The highest BCUT2D eigenvalue weighted by molar-refractivity contribution is 5.71. The lowest BCUT2D eigenvalue weighted by molar-refractivity contribution is -0.870. The second-order valence-corrected chi connectivity index (χ2v) is 23.4. The summed E-state index contributed by atoms with van der Waals surface area (Å²) in [6.07, 6.45) is 87.3. The van der Waals surface area contributed by atoms with Gasteiger partial charge < -0.3 is 28.5 Å². The van der Waals surface area contributed by atoms with Gasteiger partial charge in [-0.25, -0.2) is 4.79 Å². The van der Waals surface area contributed by atoms with Gasteiger partial charge in [-0.15, -0.1) is 0 Å². The molecule has 0 radical (unpaired) electrons. The van der Waals surface area contributed by atoms with Gasteiger partial charge in [0, 0.05) is 12.8 Å². The van der Waals surface area contributed by atoms with Crippen molar-refractivity contribution < 1.29 is 42.9 Å². The number of quaternary nitrogens is 1. The van der Waals surface area contributed by atoms with E-state index in [0.717, 1.165) is 103 Å². The van der Waals surface area contributed by atoms with Crippen LogP contribution in [0.3, 0.4) is 0 Å². The van der Waals surface area contributed by atoms with Crippen LogP contribution < -0.4 is 0 Å². The summed E-state index contributed by atoms with van der Waals surface area (Å²) in [4.78, 5) is 37.5. The van der Waals surface area contributed by atoms with Crippen molar-refractivity contribution in [2.75, 3.05) is 47.5 Å². The van der Waals surface area contributed by atoms with Gasteiger partial charge in [0.05, 0.1) is 34.4 Å². The molecule has 9 nitrogen and oxygen atoms in total. The summed E-state index contributed by atoms with van der Waals surface area (Å²) in [6, 6.07) is 0. The van der Waals surface area contributed by atoms with Gasteiger partial charge in [0.1, 0.15) is 13.2 Å². The Morgan fingerprint density at radius 1 is 0.373 bits per heavy atom. The topological polar surface area (TPSA) is 108 Å². The van der Waals surface area contributed by atoms with E-state index in [1.54, 1.807) is 0 Å². The average molecular weight is 1160 g/mol. The van der Waals surface area contributed by atoms with Gasteiger partial charge in [0.2, 0.25) is 0 Å². The number of likely N-dealkylation sites (N-methyl/N-ethyl adjacent to an activating group) is 1. The van der Waals surface area contributed by atoms with E-state index in [-0.39, 0.29) is 38.6 Å². The Morgan fingerprint density at radius 2 is 0.687 bits per heavy atom. The van der Waals surface area contributed by atoms with Gasteiger partial charge in [-0.3, -0.25) is 9.59 Å². The Hall–Kier alpha value is -4.31. The number of allylic oxidation sites excluding steroid dienone is 20. The summed E-state index contributed by atoms with van der Waals surface area (Å²) in [5.74, 6) is -2.02. The first-order valence-electron chi connectivity index (χ1n) is 33.7. The van der Waals surface area contributed by atoms with E-state index in [2.05, 4.69) is 135 Å². The molecule has 83 heavy (non-hydrogen) atoms. The van der Waals surface area contributed by atoms with Crippen molar-refractivity contribution in [1.29, 1.82) is 0 Å². The van der Waals surface area contributed by atoms with Crippen LogP contribution in [-0.2, 0) is 33.3 Å². The molecule has 0 aromatic heterocycles. The molecular weight excluding hydrogens is 1030 g/mol. The van der Waals surface area contributed by atoms with Crippen LogP contribution in [0.15, 0.2) is 122 Å². The summed E-state index contributed by atoms with van der Waals surface area (Å²) in [7, 11) is 5.97. The minimum Gasteiger partial charge on any atom is -0.477 e. The average Bonchev–Trinajstić information content (AvgIpc) is 3.46. The second kappa shape index (κ2) is 63.7. The minimum atomic E-state index is -1.52. The fourth-order valence-electron chi connectivity index (χ4n) is 9.06. The third-order valence-corrected chi connectivity index (χ3v) is 14.2. The Kier molecular flexibility index (Phi) is 60.4. The zero-order valence-electron chi connectivity index (χ0n) is 54.1. The number of carboxylic acids is 1. The molecule has 0 aromatic carbocycles. The molecule has 0 aliphatic rings. The molecule has 0 spiro atoms. The molecule has 0 saturated heterocycles. The molecule has 9 heteroatoms. The molecular formula is C74H126NO8+. The predicted molar refractivity (Wildman–Crippen MR) is 354 cm³/mol. The SMILES string of the molecule is CC/C=C\C/C=C\C/C=C\C/C=C\C/C=C\C/C=C\C/C=C\CCCCCCCCCCCCCCCCCCCC(=O)OC(COC(=O)CCCCCCCC/C=C\C/C=C\C/C=C\CCCCC)COC(OCC[N+](C)(C)C)C(=O)O. The van der Waals surface area contributed by atoms with E-state index in [1.165, 1.54) is 135 Å². The molecule has 2 atom stereocenters. The fourth-order valence-corrected chi connectivity index (χ4v) is 9.06. The Bertz CT molecular complexity index is 1780. The molecule has 0 heterocycles. The molecule has 0 aliphatic carbocycles. The van der Waals surface area contributed by atoms with E-state index >= 15 is 0 Å². The second-order valence-electron chi connectivity index (χ2n) is 23.4. The summed E-state index contributed by atoms with van der Waals surface area (Å²) in [5, 5.41) is 9.73. The first kappa shape index (κ1) is 78.7. The number of nitrogens with zero attached hydrogens (tertiary/aromatic N) is 1. The first-order chi connectivity index (χ1) is 40.6. The third-order valence-electron chi connectivity index (χ3n) is 14.2. The van der Waals surface area contributed by atoms with E-state index in [0.29, 0.717) is 17.4 Å². The lowest BCUT2D eigenvalue weighted by Crippen LogP contribution is -2.40. The Labute approximate surface area is 510 Å². The van der Waals surface area contributed by atoms with Crippen LogP contribution in [0, 0.1) is 0 Å². The van der Waals surface area contributed by atoms with E-state index in [4.69, 9.17) is 18.9 Å². The molecule has 1 N–H and O–H groups in total. The predicted octanol–water partition coefficient (Wildman–Crippen LogP) is 20.8. The van der Waals surface area contributed by atoms with Crippen molar-refractivity contribution in [3.05, 3.63) is 122 Å². The largest absolute Gasteiger partial charge is 0.477 e. The van der Waals surface area contributed by atoms with Gasteiger partial charge in [-0.1, -0.05) is 270 Å². The number of unbranched alkanes of at least 4 members (excludes halogenated alkanes) is 26. The molecule has 2 unspecified atom stereocenters. The molecule has 0 bridgehead atoms. The molecule has 0 rings (SSSR count). The normalized spacial score (nSPS) is 13.5. The van der Waals surface area contributed by atoms with E-state index < -0.39 is 24.3 Å². The number of hydrogen-bond acceptors (Lipinski definition) is 7. The van der Waals surface area contributed by atoms with Crippen LogP contribution in [-0.4, -0.2) is 87.4 Å². The zero-order chi connectivity index (χ0) is 60.5. The maximum absolute atomic E-state index is 12.9. The van der Waals surface area contributed by atoms with Gasteiger partial charge >= 0.3 is 17.9 Å². The number of carbonyl (C=O) groups is 3. The van der Waals surface area contributed by atoms with Crippen LogP contribution in [0.4, 0.5) is 0 Å². The molecule has 474 valence electrons. The van der Waals surface area contributed by atoms with Crippen molar-refractivity contribution in [1.82, 2.24) is 0 Å². The number of ether oxygens (including phenoxy) is 4. The maximum atomic E-state index is 12.9. The van der Waals surface area contributed by atoms with Crippen molar-refractivity contribution in [2.45, 2.75) is 283 Å². The van der Waals surface area contributed by atoms with Crippen molar-refractivity contribution in [2.24, 2.45) is 0 Å². The summed E-state index contributed by atoms with van der Waals surface area (Å²) < 4.78 is 22.9. The molecule has 0 aliphatic heterocycles. The van der Waals surface area contributed by atoms with Crippen LogP contribution in [0.25, 0.3) is 0 Å². The third kappa shape index (κ3) is 65.1. The van der Waals surface area contributed by atoms with Gasteiger partial charge in [0.15, 0.2) is 6.10 Å². The number of carboxylic acid groups (broad SMARTS) is 1. The van der Waals surface area contributed by atoms with Crippen LogP contribution in [0.2, 0.25) is 0 Å². The van der Waals surface area contributed by atoms with Crippen molar-refractivity contribution in [3.8, 4) is 0 Å². The van der Waals surface area contributed by atoms with Gasteiger partial charge in [-0.05, 0) is 109 Å². The van der Waals surface area contributed by atoms with E-state index in [1.807, 2.05) is 21.1 Å². The number of rotatable bonds is 61. The number of carbonyl (C=O) groups excluding carboxylic acids is 2. The highest BCUT2D eigenvalue weighted by Crippen LogP contribution is 2.16. The standard InChI is InChI=1S/C74H125NO8/c1-6-8-10-12-14-16-18-20-22-24-26-27-28-29-30-31-32-33-34-35-36-37-38-39-40-41-42-43-44-45-47-49-51-53-55-57-59-61-63-65-72(77)83-70(69-82-74(73(78)79)80-67-66-75(3,4)5)68-81-71(76)64-62-60-58-56-54-52-50-48-46-25-23-21-19-17-15-13-11-9-7-2/h8,10,14-17,20-23,26-27,29-30,32-33,35-36,46,48,70,74H,6-7,9,11-13,18-19,24-25,28,31,34,37-45,47,49-69H2,1-5H3/p+1/b10-8-,16-14-,17-15-,22-20-,23-21-,27-26-,30-29-,33-32-,36-35-,48-46-. The van der Waals surface area contributed by atoms with Gasteiger partial charge in [0.25, 0.3) is 6.29 Å².